The average molecular weight is 184 g/mol. The van der Waals surface area contributed by atoms with E-state index in [0.29, 0.717) is 12.4 Å². The molecule has 1 heterocycles. The molecule has 1 aromatic heterocycles. The van der Waals surface area contributed by atoms with Gasteiger partial charge in [0.25, 0.3) is 0 Å². The molecule has 0 aromatic carbocycles. The molecule has 5 heteroatoms. The second-order valence-corrected chi connectivity index (χ2v) is 2.86. The number of hydrogen-bond acceptors (Lipinski definition) is 4. The summed E-state index contributed by atoms with van der Waals surface area (Å²) in [7, 11) is 1.78. The van der Waals surface area contributed by atoms with Gasteiger partial charge in [0.1, 0.15) is 5.76 Å². The van der Waals surface area contributed by atoms with Gasteiger partial charge in [0.05, 0.1) is 6.42 Å². The molecule has 0 bridgehead atoms. The van der Waals surface area contributed by atoms with Gasteiger partial charge in [-0.05, 0) is 6.92 Å². The third-order valence-corrected chi connectivity index (χ3v) is 1.67. The summed E-state index contributed by atoms with van der Waals surface area (Å²) in [6.45, 7) is 2.23. The summed E-state index contributed by atoms with van der Waals surface area (Å²) in [5.41, 5.74) is 0. The van der Waals surface area contributed by atoms with Gasteiger partial charge in [-0.2, -0.15) is 0 Å². The molecule has 5 nitrogen and oxygen atoms in total. The van der Waals surface area contributed by atoms with Crippen LogP contribution in [-0.4, -0.2) is 29.8 Å². The second kappa shape index (κ2) is 3.93. The van der Waals surface area contributed by atoms with E-state index in [1.807, 2.05) is 0 Å². The molecule has 0 spiro atoms. The Labute approximate surface area is 75.9 Å². The predicted octanol–water partition coefficient (Wildman–Crippen LogP) is 0.894. The van der Waals surface area contributed by atoms with E-state index in [1.54, 1.807) is 24.9 Å². The van der Waals surface area contributed by atoms with Crippen LogP contribution in [0, 0.1) is 6.92 Å². The third kappa shape index (κ3) is 2.77. The SMILES string of the molecule is Cc1cc(N(C)CCC(=O)O)no1. The average Bonchev–Trinajstić information content (AvgIpc) is 2.47. The van der Waals surface area contributed by atoms with Crippen molar-refractivity contribution < 1.29 is 14.4 Å². The molecule has 0 unspecified atom stereocenters. The lowest BCUT2D eigenvalue weighted by atomic mass is 10.4. The van der Waals surface area contributed by atoms with Crippen molar-refractivity contribution in [2.45, 2.75) is 13.3 Å². The van der Waals surface area contributed by atoms with Crippen LogP contribution in [0.2, 0.25) is 0 Å². The van der Waals surface area contributed by atoms with E-state index >= 15 is 0 Å². The number of aliphatic carboxylic acids is 1. The van der Waals surface area contributed by atoms with Gasteiger partial charge in [0.15, 0.2) is 5.82 Å². The zero-order valence-electron chi connectivity index (χ0n) is 7.65. The Hall–Kier alpha value is -1.52. The fourth-order valence-corrected chi connectivity index (χ4v) is 0.911. The monoisotopic (exact) mass is 184 g/mol. The highest BCUT2D eigenvalue weighted by Crippen LogP contribution is 2.11. The maximum absolute atomic E-state index is 10.3. The molecule has 0 saturated carbocycles. The van der Waals surface area contributed by atoms with Gasteiger partial charge in [-0.1, -0.05) is 5.16 Å². The molecular weight excluding hydrogens is 172 g/mol. The molecule has 0 amide bonds. The number of anilines is 1. The number of carbonyl (C=O) groups is 1. The largest absolute Gasteiger partial charge is 0.481 e. The van der Waals surface area contributed by atoms with Crippen molar-refractivity contribution in [1.29, 1.82) is 0 Å². The Morgan fingerprint density at radius 1 is 1.77 bits per heavy atom. The molecule has 0 radical (unpaired) electrons. The minimum atomic E-state index is -0.813. The fraction of sp³-hybridized carbons (Fsp3) is 0.500. The Kier molecular flexibility index (Phi) is 2.89. The van der Waals surface area contributed by atoms with E-state index in [4.69, 9.17) is 9.63 Å². The Morgan fingerprint density at radius 3 is 2.92 bits per heavy atom. The highest BCUT2D eigenvalue weighted by molar-refractivity contribution is 5.67. The number of aromatic nitrogens is 1. The quantitative estimate of drug-likeness (QED) is 0.752. The summed E-state index contributed by atoms with van der Waals surface area (Å²) >= 11 is 0. The van der Waals surface area contributed by atoms with E-state index < -0.39 is 5.97 Å². The molecule has 0 aliphatic rings. The summed E-state index contributed by atoms with van der Waals surface area (Å²) in [6, 6.07) is 1.77. The Morgan fingerprint density at radius 2 is 2.46 bits per heavy atom. The number of nitrogens with zero attached hydrogens (tertiary/aromatic N) is 2. The van der Waals surface area contributed by atoms with E-state index in [0.717, 1.165) is 5.76 Å². The first-order chi connectivity index (χ1) is 6.09. The lowest BCUT2D eigenvalue weighted by Crippen LogP contribution is -2.21. The van der Waals surface area contributed by atoms with Crippen molar-refractivity contribution in [3.05, 3.63) is 11.8 Å². The molecule has 1 rings (SSSR count). The van der Waals surface area contributed by atoms with Crippen LogP contribution in [-0.2, 0) is 4.79 Å². The van der Waals surface area contributed by atoms with Gasteiger partial charge in [0.2, 0.25) is 0 Å². The highest BCUT2D eigenvalue weighted by atomic mass is 16.5. The van der Waals surface area contributed by atoms with Crippen LogP contribution in [0.15, 0.2) is 10.6 Å². The first kappa shape index (κ1) is 9.57. The van der Waals surface area contributed by atoms with Gasteiger partial charge in [-0.15, -0.1) is 0 Å². The first-order valence-electron chi connectivity index (χ1n) is 3.96. The van der Waals surface area contributed by atoms with Crippen LogP contribution in [0.3, 0.4) is 0 Å². The molecule has 1 aromatic rings. The molecule has 0 fully saturated rings. The lowest BCUT2D eigenvalue weighted by molar-refractivity contribution is -0.136. The van der Waals surface area contributed by atoms with Gasteiger partial charge in [0, 0.05) is 19.7 Å². The zero-order valence-corrected chi connectivity index (χ0v) is 7.65. The Bertz CT molecular complexity index is 295. The van der Waals surface area contributed by atoms with Crippen LogP contribution in [0.5, 0.6) is 0 Å². The third-order valence-electron chi connectivity index (χ3n) is 1.67. The van der Waals surface area contributed by atoms with E-state index in [2.05, 4.69) is 5.16 Å². The van der Waals surface area contributed by atoms with Crippen LogP contribution in [0.4, 0.5) is 5.82 Å². The first-order valence-corrected chi connectivity index (χ1v) is 3.96. The van der Waals surface area contributed by atoms with Gasteiger partial charge in [-0.25, -0.2) is 0 Å². The molecule has 0 saturated heterocycles. The van der Waals surface area contributed by atoms with Crippen molar-refractivity contribution >= 4 is 11.8 Å². The molecule has 13 heavy (non-hydrogen) atoms. The summed E-state index contributed by atoms with van der Waals surface area (Å²) < 4.78 is 4.85. The van der Waals surface area contributed by atoms with Crippen molar-refractivity contribution in [1.82, 2.24) is 5.16 Å². The van der Waals surface area contributed by atoms with Gasteiger partial charge < -0.3 is 14.5 Å². The van der Waals surface area contributed by atoms with Crippen LogP contribution >= 0.6 is 0 Å². The number of hydrogen-bond donors (Lipinski definition) is 1. The number of aryl methyl sites for hydroxylation is 1. The highest BCUT2D eigenvalue weighted by Gasteiger charge is 2.07. The van der Waals surface area contributed by atoms with Crippen molar-refractivity contribution in [3.63, 3.8) is 0 Å². The van der Waals surface area contributed by atoms with Crippen molar-refractivity contribution in [3.8, 4) is 0 Å². The van der Waals surface area contributed by atoms with Crippen LogP contribution in [0.25, 0.3) is 0 Å². The second-order valence-electron chi connectivity index (χ2n) is 2.86. The smallest absolute Gasteiger partial charge is 0.305 e. The molecule has 1 N–H and O–H groups in total. The summed E-state index contributed by atoms with van der Waals surface area (Å²) in [5, 5.41) is 12.2. The van der Waals surface area contributed by atoms with Crippen molar-refractivity contribution in [2.75, 3.05) is 18.5 Å². The zero-order chi connectivity index (χ0) is 9.84. The van der Waals surface area contributed by atoms with Crippen LogP contribution in [0.1, 0.15) is 12.2 Å². The lowest BCUT2D eigenvalue weighted by Gasteiger charge is -2.12. The topological polar surface area (TPSA) is 66.6 Å². The molecule has 0 aliphatic heterocycles. The van der Waals surface area contributed by atoms with Gasteiger partial charge in [-0.3, -0.25) is 4.79 Å². The van der Waals surface area contributed by atoms with E-state index in [-0.39, 0.29) is 6.42 Å². The number of carboxylic acid groups (broad SMARTS) is 1. The maximum atomic E-state index is 10.3. The van der Waals surface area contributed by atoms with Crippen molar-refractivity contribution in [2.24, 2.45) is 0 Å². The molecular formula is C8H12N2O3. The standard InChI is InChI=1S/C8H12N2O3/c1-6-5-7(9-13-6)10(2)4-3-8(11)12/h5H,3-4H2,1-2H3,(H,11,12). The van der Waals surface area contributed by atoms with Gasteiger partial charge >= 0.3 is 5.97 Å². The predicted molar refractivity (Wildman–Crippen MR) is 46.8 cm³/mol. The van der Waals surface area contributed by atoms with Crippen LogP contribution < -0.4 is 4.90 Å². The minimum Gasteiger partial charge on any atom is -0.481 e. The normalized spacial score (nSPS) is 10.0. The maximum Gasteiger partial charge on any atom is 0.305 e. The summed E-state index contributed by atoms with van der Waals surface area (Å²) in [5.74, 6) is 0.572. The molecule has 72 valence electrons. The summed E-state index contributed by atoms with van der Waals surface area (Å²) in [6.07, 6.45) is 0.0996. The minimum absolute atomic E-state index is 0.0996. The molecule has 0 aliphatic carbocycles. The number of carboxylic acids is 1. The summed E-state index contributed by atoms with van der Waals surface area (Å²) in [4.78, 5) is 12.0. The Balaban J connectivity index is 2.48. The number of rotatable bonds is 4. The fourth-order valence-electron chi connectivity index (χ4n) is 0.911. The molecule has 0 atom stereocenters. The van der Waals surface area contributed by atoms with E-state index in [1.165, 1.54) is 0 Å². The van der Waals surface area contributed by atoms with E-state index in [9.17, 15) is 4.79 Å².